The molecule has 5 nitrogen and oxygen atoms in total. The van der Waals surface area contributed by atoms with Crippen molar-refractivity contribution in [1.82, 2.24) is 9.97 Å². The molecule has 2 N–H and O–H groups in total. The highest BCUT2D eigenvalue weighted by Gasteiger charge is 2.10. The van der Waals surface area contributed by atoms with E-state index in [1.54, 1.807) is 18.3 Å². The van der Waals surface area contributed by atoms with Gasteiger partial charge in [0, 0.05) is 5.22 Å². The molecule has 0 atom stereocenters. The maximum Gasteiger partial charge on any atom is 0.198 e. The summed E-state index contributed by atoms with van der Waals surface area (Å²) in [7, 11) is 0. The first-order valence-electron chi connectivity index (χ1n) is 6.31. The molecule has 0 bridgehead atoms. The summed E-state index contributed by atoms with van der Waals surface area (Å²) < 4.78 is 0. The van der Waals surface area contributed by atoms with Gasteiger partial charge in [0.15, 0.2) is 5.88 Å². The Kier molecular flexibility index (Phi) is 2.55. The largest absolute Gasteiger partial charge is 0.494 e. The van der Waals surface area contributed by atoms with Gasteiger partial charge in [-0.15, -0.1) is 0 Å². The van der Waals surface area contributed by atoms with Crippen LogP contribution in [0, 0.1) is 0 Å². The molecule has 0 unspecified atom stereocenters. The van der Waals surface area contributed by atoms with Gasteiger partial charge in [-0.25, -0.2) is 4.98 Å². The Labute approximate surface area is 123 Å². The fourth-order valence-electron chi connectivity index (χ4n) is 2.35. The highest BCUT2D eigenvalue weighted by molar-refractivity contribution is 6.29. The van der Waals surface area contributed by atoms with Crippen molar-refractivity contribution in [3.8, 4) is 5.88 Å². The number of rotatable bonds is 1. The van der Waals surface area contributed by atoms with Gasteiger partial charge in [0.25, 0.3) is 0 Å². The van der Waals surface area contributed by atoms with Gasteiger partial charge in [0.2, 0.25) is 0 Å². The second-order valence-electron chi connectivity index (χ2n) is 4.72. The second-order valence-corrected chi connectivity index (χ2v) is 5.11. The summed E-state index contributed by atoms with van der Waals surface area (Å²) in [5, 5.41) is 20.2. The van der Waals surface area contributed by atoms with Gasteiger partial charge in [-0.3, -0.25) is 0 Å². The van der Waals surface area contributed by atoms with Crippen molar-refractivity contribution >= 4 is 40.6 Å². The van der Waals surface area contributed by atoms with Gasteiger partial charge in [-0.1, -0.05) is 23.7 Å². The van der Waals surface area contributed by atoms with E-state index in [0.717, 1.165) is 21.6 Å². The standard InChI is InChI=1S/C15H9ClN4O/c16-13-4-3-11-14(19-13)10(15(21)18-11)5-8-1-2-9-7-17-20-12(9)6-8/h1-7,18,21H. The average Bonchev–Trinajstić information content (AvgIpc) is 3.04. The van der Waals surface area contributed by atoms with Gasteiger partial charge in [0.05, 0.1) is 23.0 Å². The maximum absolute atomic E-state index is 10.1. The Hall–Kier alpha value is -2.66. The predicted molar refractivity (Wildman–Crippen MR) is 81.0 cm³/mol. The van der Waals surface area contributed by atoms with Crippen molar-refractivity contribution < 1.29 is 5.11 Å². The summed E-state index contributed by atoms with van der Waals surface area (Å²) in [4.78, 5) is 7.14. The molecule has 0 saturated carbocycles. The Morgan fingerprint density at radius 2 is 2.10 bits per heavy atom. The SMILES string of the molecule is Oc1[nH]c2ccc(Cl)nc2c1C=c1ccc2c(c1)N=NC=2. The van der Waals surface area contributed by atoms with E-state index in [1.807, 2.05) is 24.3 Å². The van der Waals surface area contributed by atoms with E-state index >= 15 is 0 Å². The number of hydrogen-bond donors (Lipinski definition) is 2. The Morgan fingerprint density at radius 3 is 3.00 bits per heavy atom. The summed E-state index contributed by atoms with van der Waals surface area (Å²) >= 11 is 5.93. The van der Waals surface area contributed by atoms with Gasteiger partial charge >= 0.3 is 0 Å². The first-order chi connectivity index (χ1) is 10.2. The second kappa shape index (κ2) is 4.43. The molecule has 1 aliphatic heterocycles. The minimum absolute atomic E-state index is 0.0634. The van der Waals surface area contributed by atoms with E-state index in [0.29, 0.717) is 16.2 Å². The monoisotopic (exact) mass is 296 g/mol. The lowest BCUT2D eigenvalue weighted by Gasteiger charge is -1.94. The van der Waals surface area contributed by atoms with Crippen LogP contribution < -0.4 is 10.4 Å². The topological polar surface area (TPSA) is 73.6 Å². The number of fused-ring (bicyclic) bond motifs is 2. The zero-order valence-electron chi connectivity index (χ0n) is 10.7. The fraction of sp³-hybridized carbons (Fsp3) is 0. The number of aromatic nitrogens is 2. The third-order valence-corrected chi connectivity index (χ3v) is 3.56. The molecule has 3 aromatic rings. The van der Waals surface area contributed by atoms with Crippen molar-refractivity contribution in [3.05, 3.63) is 51.5 Å². The van der Waals surface area contributed by atoms with Crippen LogP contribution in [0.2, 0.25) is 5.15 Å². The van der Waals surface area contributed by atoms with Gasteiger partial charge < -0.3 is 10.1 Å². The highest BCUT2D eigenvalue weighted by Crippen LogP contribution is 2.27. The van der Waals surface area contributed by atoms with Crippen LogP contribution in [0.4, 0.5) is 5.69 Å². The maximum atomic E-state index is 10.1. The molecule has 6 heteroatoms. The van der Waals surface area contributed by atoms with E-state index in [9.17, 15) is 5.11 Å². The van der Waals surface area contributed by atoms with Crippen LogP contribution in [-0.4, -0.2) is 15.1 Å². The zero-order valence-corrected chi connectivity index (χ0v) is 11.5. The number of aromatic hydroxyl groups is 1. The van der Waals surface area contributed by atoms with E-state index in [1.165, 1.54) is 0 Å². The summed E-state index contributed by atoms with van der Waals surface area (Å²) in [5.74, 6) is 0.0634. The lowest BCUT2D eigenvalue weighted by molar-refractivity contribution is 0.457. The highest BCUT2D eigenvalue weighted by atomic mass is 35.5. The Morgan fingerprint density at radius 1 is 1.19 bits per heavy atom. The lowest BCUT2D eigenvalue weighted by Crippen LogP contribution is -2.06. The van der Waals surface area contributed by atoms with Crippen LogP contribution in [-0.2, 0) is 0 Å². The van der Waals surface area contributed by atoms with Crippen LogP contribution in [0.25, 0.3) is 23.3 Å². The molecule has 4 rings (SSSR count). The quantitative estimate of drug-likeness (QED) is 0.677. The van der Waals surface area contributed by atoms with Crippen molar-refractivity contribution in [2.45, 2.75) is 0 Å². The molecule has 102 valence electrons. The average molecular weight is 297 g/mol. The normalized spacial score (nSPS) is 13.7. The summed E-state index contributed by atoms with van der Waals surface area (Å²) in [6, 6.07) is 9.25. The van der Waals surface area contributed by atoms with Crippen molar-refractivity contribution in [1.29, 1.82) is 0 Å². The molecule has 0 fully saturated rings. The molecular formula is C15H9ClN4O. The van der Waals surface area contributed by atoms with Crippen molar-refractivity contribution in [2.24, 2.45) is 10.2 Å². The first kappa shape index (κ1) is 12.1. The van der Waals surface area contributed by atoms with Crippen molar-refractivity contribution in [3.63, 3.8) is 0 Å². The van der Waals surface area contributed by atoms with E-state index in [4.69, 9.17) is 11.6 Å². The van der Waals surface area contributed by atoms with Crippen LogP contribution >= 0.6 is 11.6 Å². The molecule has 0 radical (unpaired) electrons. The molecule has 0 aliphatic carbocycles. The number of nitrogens with zero attached hydrogens (tertiary/aromatic N) is 3. The molecule has 2 aromatic heterocycles. The smallest absolute Gasteiger partial charge is 0.198 e. The number of benzene rings is 1. The zero-order chi connectivity index (χ0) is 14.4. The molecule has 3 heterocycles. The number of halogens is 1. The predicted octanol–water partition coefficient (Wildman–Crippen LogP) is 2.59. The number of pyridine rings is 1. The third-order valence-electron chi connectivity index (χ3n) is 3.35. The molecular weight excluding hydrogens is 288 g/mol. The lowest BCUT2D eigenvalue weighted by atomic mass is 10.1. The Bertz CT molecular complexity index is 1020. The van der Waals surface area contributed by atoms with E-state index in [2.05, 4.69) is 20.2 Å². The molecule has 0 spiro atoms. The third kappa shape index (κ3) is 1.98. The first-order valence-corrected chi connectivity index (χ1v) is 6.68. The van der Waals surface area contributed by atoms with Crippen LogP contribution in [0.5, 0.6) is 5.88 Å². The van der Waals surface area contributed by atoms with Crippen LogP contribution in [0.3, 0.4) is 0 Å². The number of hydrogen-bond acceptors (Lipinski definition) is 4. The number of aromatic amines is 1. The van der Waals surface area contributed by atoms with Crippen LogP contribution in [0.15, 0.2) is 40.6 Å². The van der Waals surface area contributed by atoms with E-state index < -0.39 is 0 Å². The summed E-state index contributed by atoms with van der Waals surface area (Å²) in [6.07, 6.45) is 3.55. The number of nitrogens with one attached hydrogen (secondary N) is 1. The van der Waals surface area contributed by atoms with Gasteiger partial charge in [-0.05, 0) is 29.5 Å². The minimum Gasteiger partial charge on any atom is -0.494 e. The summed E-state index contributed by atoms with van der Waals surface area (Å²) in [6.45, 7) is 0. The molecule has 1 aromatic carbocycles. The van der Waals surface area contributed by atoms with Gasteiger partial charge in [0.1, 0.15) is 10.7 Å². The number of azo groups is 1. The molecule has 21 heavy (non-hydrogen) atoms. The summed E-state index contributed by atoms with van der Waals surface area (Å²) in [5.41, 5.74) is 2.78. The molecule has 0 amide bonds. The van der Waals surface area contributed by atoms with Crippen molar-refractivity contribution in [2.75, 3.05) is 0 Å². The minimum atomic E-state index is 0.0634. The molecule has 1 aliphatic rings. The molecule has 0 saturated heterocycles. The number of H-pyrrole nitrogens is 1. The van der Waals surface area contributed by atoms with E-state index in [-0.39, 0.29) is 5.88 Å². The van der Waals surface area contributed by atoms with Gasteiger partial charge in [-0.2, -0.15) is 10.2 Å². The fourth-order valence-corrected chi connectivity index (χ4v) is 2.50. The van der Waals surface area contributed by atoms with Crippen LogP contribution in [0.1, 0.15) is 5.56 Å². The Balaban J connectivity index is 1.97.